The standard InChI is InChI=1S/C21H22N6S.2C2H6.H2/c1-5-14-19(22-2)25-15-8-6-12(10-17(15)24-14)13-7-9-16-18(11-13)27-21(28-4)20(23-3)26-16;2*1-2;/h6-11H,5H2,1-4H3,(H,22,25)(H,23,26);2*1-2H3;1H. The molecule has 2 heterocycles. The van der Waals surface area contributed by atoms with Crippen molar-refractivity contribution in [3.63, 3.8) is 0 Å². The van der Waals surface area contributed by atoms with Crippen molar-refractivity contribution < 1.29 is 1.43 Å². The maximum absolute atomic E-state index is 4.80. The van der Waals surface area contributed by atoms with Crippen LogP contribution in [0.4, 0.5) is 11.6 Å². The Morgan fingerprint density at radius 2 is 1.22 bits per heavy atom. The smallest absolute Gasteiger partial charge is 0.159 e. The zero-order valence-electron chi connectivity index (χ0n) is 20.4. The summed E-state index contributed by atoms with van der Waals surface area (Å²) >= 11 is 1.59. The number of hydrogen-bond acceptors (Lipinski definition) is 7. The molecule has 0 aliphatic carbocycles. The van der Waals surface area contributed by atoms with Crippen LogP contribution in [0.3, 0.4) is 0 Å². The lowest BCUT2D eigenvalue weighted by Crippen LogP contribution is -2.01. The predicted molar refractivity (Wildman–Crippen MR) is 143 cm³/mol. The molecule has 4 aromatic rings. The Morgan fingerprint density at radius 1 is 0.719 bits per heavy atom. The molecule has 6 nitrogen and oxygen atoms in total. The molecule has 0 saturated carbocycles. The number of nitrogens with zero attached hydrogens (tertiary/aromatic N) is 4. The van der Waals surface area contributed by atoms with Gasteiger partial charge in [0.05, 0.1) is 27.8 Å². The average molecular weight is 453 g/mol. The first kappa shape index (κ1) is 25.3. The van der Waals surface area contributed by atoms with E-state index >= 15 is 0 Å². The van der Waals surface area contributed by atoms with Gasteiger partial charge in [0, 0.05) is 15.5 Å². The summed E-state index contributed by atoms with van der Waals surface area (Å²) in [6, 6.07) is 12.4. The minimum atomic E-state index is 0. The Kier molecular flexibility index (Phi) is 9.65. The molecule has 2 aromatic carbocycles. The van der Waals surface area contributed by atoms with Gasteiger partial charge >= 0.3 is 0 Å². The fourth-order valence-corrected chi connectivity index (χ4v) is 3.77. The third-order valence-corrected chi connectivity index (χ3v) is 5.38. The predicted octanol–water partition coefficient (Wildman–Crippen LogP) is 6.91. The monoisotopic (exact) mass is 452 g/mol. The number of rotatable bonds is 5. The van der Waals surface area contributed by atoms with Gasteiger partial charge in [-0.1, -0.05) is 46.8 Å². The molecule has 0 unspecified atom stereocenters. The van der Waals surface area contributed by atoms with Crippen molar-refractivity contribution in [2.24, 2.45) is 0 Å². The van der Waals surface area contributed by atoms with E-state index in [-0.39, 0.29) is 1.43 Å². The van der Waals surface area contributed by atoms with E-state index in [2.05, 4.69) is 51.8 Å². The molecule has 32 heavy (non-hydrogen) atoms. The molecule has 2 aromatic heterocycles. The molecular formula is C25H36N6S. The molecule has 4 rings (SSSR count). The van der Waals surface area contributed by atoms with Crippen LogP contribution in [0.15, 0.2) is 41.4 Å². The molecule has 0 saturated heterocycles. The molecule has 2 N–H and O–H groups in total. The summed E-state index contributed by atoms with van der Waals surface area (Å²) in [5, 5.41) is 7.13. The molecule has 0 bridgehead atoms. The Bertz CT molecular complexity index is 1090. The number of aromatic nitrogens is 4. The van der Waals surface area contributed by atoms with Crippen LogP contribution in [0.1, 0.15) is 41.7 Å². The zero-order valence-corrected chi connectivity index (χ0v) is 21.2. The van der Waals surface area contributed by atoms with Gasteiger partial charge in [0.25, 0.3) is 0 Å². The van der Waals surface area contributed by atoms with Crippen LogP contribution < -0.4 is 10.6 Å². The molecule has 172 valence electrons. The summed E-state index contributed by atoms with van der Waals surface area (Å²) in [6.45, 7) is 10.1. The highest BCUT2D eigenvalue weighted by Crippen LogP contribution is 2.29. The molecule has 0 atom stereocenters. The maximum atomic E-state index is 4.80. The normalized spacial score (nSPS) is 10.1. The topological polar surface area (TPSA) is 75.6 Å². The second-order valence-electron chi connectivity index (χ2n) is 6.36. The highest BCUT2D eigenvalue weighted by Gasteiger charge is 2.10. The lowest BCUT2D eigenvalue weighted by Gasteiger charge is -2.10. The Balaban J connectivity index is 0.00000103. The third kappa shape index (κ3) is 5.27. The molecule has 0 amide bonds. The van der Waals surface area contributed by atoms with Gasteiger partial charge in [-0.05, 0) is 48.1 Å². The highest BCUT2D eigenvalue weighted by molar-refractivity contribution is 7.98. The van der Waals surface area contributed by atoms with E-state index in [9.17, 15) is 0 Å². The molecule has 0 spiro atoms. The summed E-state index contributed by atoms with van der Waals surface area (Å²) in [5.74, 6) is 1.65. The summed E-state index contributed by atoms with van der Waals surface area (Å²) in [6.07, 6.45) is 2.84. The number of anilines is 2. The van der Waals surface area contributed by atoms with Crippen LogP contribution in [-0.2, 0) is 6.42 Å². The van der Waals surface area contributed by atoms with E-state index in [0.717, 1.165) is 62.0 Å². The summed E-state index contributed by atoms with van der Waals surface area (Å²) in [5.41, 5.74) is 6.69. The van der Waals surface area contributed by atoms with Crippen molar-refractivity contribution in [3.05, 3.63) is 42.1 Å². The number of thioether (sulfide) groups is 1. The van der Waals surface area contributed by atoms with Gasteiger partial charge in [0.1, 0.15) is 10.8 Å². The van der Waals surface area contributed by atoms with Crippen molar-refractivity contribution in [1.29, 1.82) is 0 Å². The van der Waals surface area contributed by atoms with E-state index in [4.69, 9.17) is 9.97 Å². The van der Waals surface area contributed by atoms with E-state index < -0.39 is 0 Å². The van der Waals surface area contributed by atoms with Crippen LogP contribution in [0.2, 0.25) is 0 Å². The van der Waals surface area contributed by atoms with Crippen molar-refractivity contribution >= 4 is 45.5 Å². The van der Waals surface area contributed by atoms with Gasteiger partial charge in [0.2, 0.25) is 0 Å². The van der Waals surface area contributed by atoms with Crippen molar-refractivity contribution in [2.75, 3.05) is 31.0 Å². The molecule has 0 radical (unpaired) electrons. The number of hydrogen-bond donors (Lipinski definition) is 2. The molecule has 0 fully saturated rings. The SMILES string of the molecule is CC.CC.CCc1nc2cc(-c3ccc4nc(NC)c(SC)nc4c3)ccc2nc1NC.[HH]. The quantitative estimate of drug-likeness (QED) is 0.319. The van der Waals surface area contributed by atoms with Gasteiger partial charge in [-0.3, -0.25) is 0 Å². The fourth-order valence-electron chi connectivity index (χ4n) is 3.24. The second kappa shape index (κ2) is 12.2. The number of benzene rings is 2. The Morgan fingerprint density at radius 3 is 1.69 bits per heavy atom. The van der Waals surface area contributed by atoms with E-state index in [1.54, 1.807) is 11.8 Å². The maximum Gasteiger partial charge on any atom is 0.159 e. The zero-order chi connectivity index (χ0) is 23.7. The fraction of sp³-hybridized carbons (Fsp3) is 0.360. The minimum absolute atomic E-state index is 0. The lowest BCUT2D eigenvalue weighted by molar-refractivity contribution is 1.03. The van der Waals surface area contributed by atoms with Crippen LogP contribution in [0.5, 0.6) is 0 Å². The first-order chi connectivity index (χ1) is 15.7. The lowest BCUT2D eigenvalue weighted by atomic mass is 10.0. The van der Waals surface area contributed by atoms with E-state index in [1.807, 2.05) is 60.2 Å². The third-order valence-electron chi connectivity index (χ3n) is 4.70. The Labute approximate surface area is 197 Å². The molecule has 0 aliphatic rings. The number of aryl methyl sites for hydroxylation is 1. The first-order valence-corrected chi connectivity index (χ1v) is 12.4. The van der Waals surface area contributed by atoms with Gasteiger partial charge in [-0.2, -0.15) is 0 Å². The second-order valence-corrected chi connectivity index (χ2v) is 7.16. The molecule has 0 aliphatic heterocycles. The van der Waals surface area contributed by atoms with E-state index in [1.165, 1.54) is 0 Å². The van der Waals surface area contributed by atoms with Crippen molar-refractivity contribution in [2.45, 2.75) is 46.1 Å². The Hall–Kier alpha value is -2.93. The van der Waals surface area contributed by atoms with Crippen molar-refractivity contribution in [1.82, 2.24) is 19.9 Å². The van der Waals surface area contributed by atoms with Gasteiger partial charge in [-0.15, -0.1) is 11.8 Å². The molecular weight excluding hydrogens is 416 g/mol. The van der Waals surface area contributed by atoms with Crippen LogP contribution in [0.25, 0.3) is 33.2 Å². The van der Waals surface area contributed by atoms with Crippen LogP contribution in [-0.4, -0.2) is 40.3 Å². The van der Waals surface area contributed by atoms with E-state index in [0.29, 0.717) is 0 Å². The minimum Gasteiger partial charge on any atom is -0.372 e. The molecule has 7 heteroatoms. The highest BCUT2D eigenvalue weighted by atomic mass is 32.2. The summed E-state index contributed by atoms with van der Waals surface area (Å²) in [7, 11) is 3.74. The van der Waals surface area contributed by atoms with Gasteiger partial charge in [-0.25, -0.2) is 19.9 Å². The first-order valence-electron chi connectivity index (χ1n) is 11.2. The summed E-state index contributed by atoms with van der Waals surface area (Å²) < 4.78 is 0. The number of fused-ring (bicyclic) bond motifs is 2. The van der Waals surface area contributed by atoms with Crippen LogP contribution >= 0.6 is 11.8 Å². The van der Waals surface area contributed by atoms with Gasteiger partial charge in [0.15, 0.2) is 5.82 Å². The number of nitrogens with one attached hydrogen (secondary N) is 2. The van der Waals surface area contributed by atoms with Gasteiger partial charge < -0.3 is 10.6 Å². The van der Waals surface area contributed by atoms with Crippen molar-refractivity contribution in [3.8, 4) is 11.1 Å². The van der Waals surface area contributed by atoms with Crippen LogP contribution in [0, 0.1) is 0 Å². The average Bonchev–Trinajstić information content (AvgIpc) is 2.88. The summed E-state index contributed by atoms with van der Waals surface area (Å²) in [4.78, 5) is 18.9. The largest absolute Gasteiger partial charge is 0.372 e.